The van der Waals surface area contributed by atoms with E-state index in [1.165, 1.54) is 45.4 Å². The van der Waals surface area contributed by atoms with E-state index in [0.717, 1.165) is 0 Å². The summed E-state index contributed by atoms with van der Waals surface area (Å²) in [6, 6.07) is 7.32. The van der Waals surface area contributed by atoms with Crippen molar-refractivity contribution in [1.29, 1.82) is 0 Å². The summed E-state index contributed by atoms with van der Waals surface area (Å²) in [5.41, 5.74) is 0.626. The summed E-state index contributed by atoms with van der Waals surface area (Å²) in [5.74, 6) is 0.126. The number of nitro groups is 1. The summed E-state index contributed by atoms with van der Waals surface area (Å²) in [5, 5.41) is 14.7. The number of anilines is 2. The van der Waals surface area contributed by atoms with Gasteiger partial charge in [0.25, 0.3) is 11.6 Å². The first-order valence-corrected chi connectivity index (χ1v) is 10.1. The van der Waals surface area contributed by atoms with E-state index >= 15 is 0 Å². The van der Waals surface area contributed by atoms with Crippen molar-refractivity contribution in [2.24, 2.45) is 0 Å². The quantitative estimate of drug-likeness (QED) is 0.517. The highest BCUT2D eigenvalue weighted by molar-refractivity contribution is 6.32. The van der Waals surface area contributed by atoms with Crippen LogP contribution < -0.4 is 19.7 Å². The molecule has 0 radical (unpaired) electrons. The van der Waals surface area contributed by atoms with Gasteiger partial charge < -0.3 is 24.6 Å². The molecule has 0 unspecified atom stereocenters. The van der Waals surface area contributed by atoms with Crippen molar-refractivity contribution in [3.05, 3.63) is 51.0 Å². The first-order chi connectivity index (χ1) is 15.2. The predicted molar refractivity (Wildman–Crippen MR) is 120 cm³/mol. The number of nitrogens with one attached hydrogen (secondary N) is 1. The van der Waals surface area contributed by atoms with Crippen LogP contribution in [0.3, 0.4) is 0 Å². The number of carbonyl (C=O) groups is 2. The molecular weight excluding hydrogens is 440 g/mol. The van der Waals surface area contributed by atoms with Crippen LogP contribution in [0.5, 0.6) is 11.5 Å². The Bertz CT molecular complexity index is 1050. The molecule has 170 valence electrons. The molecule has 32 heavy (non-hydrogen) atoms. The smallest absolute Gasteiger partial charge is 0.293 e. The molecule has 0 spiro atoms. The molecule has 11 heteroatoms. The minimum absolute atomic E-state index is 0.0276. The number of carbonyl (C=O) groups excluding carboxylic acids is 2. The van der Waals surface area contributed by atoms with Crippen LogP contribution in [0.1, 0.15) is 17.3 Å². The third-order valence-corrected chi connectivity index (χ3v) is 5.52. The summed E-state index contributed by atoms with van der Waals surface area (Å²) < 4.78 is 10.4. The molecule has 3 rings (SSSR count). The second-order valence-corrected chi connectivity index (χ2v) is 7.50. The summed E-state index contributed by atoms with van der Waals surface area (Å²) >= 11 is 6.14. The van der Waals surface area contributed by atoms with Crippen LogP contribution in [-0.4, -0.2) is 62.0 Å². The van der Waals surface area contributed by atoms with Crippen LogP contribution in [0.2, 0.25) is 5.02 Å². The molecular formula is C21H23ClN4O6. The lowest BCUT2D eigenvalue weighted by Gasteiger charge is -2.35. The fourth-order valence-electron chi connectivity index (χ4n) is 3.49. The molecule has 2 amide bonds. The van der Waals surface area contributed by atoms with Crippen molar-refractivity contribution in [3.8, 4) is 11.5 Å². The third-order valence-electron chi connectivity index (χ3n) is 5.22. The molecule has 1 saturated heterocycles. The molecule has 2 aromatic carbocycles. The summed E-state index contributed by atoms with van der Waals surface area (Å²) in [6.07, 6.45) is 0. The van der Waals surface area contributed by atoms with Crippen LogP contribution in [0, 0.1) is 10.1 Å². The van der Waals surface area contributed by atoms with E-state index < -0.39 is 10.8 Å². The molecule has 1 heterocycles. The van der Waals surface area contributed by atoms with E-state index in [4.69, 9.17) is 21.1 Å². The Morgan fingerprint density at radius 2 is 1.72 bits per heavy atom. The van der Waals surface area contributed by atoms with E-state index in [2.05, 4.69) is 5.32 Å². The average Bonchev–Trinajstić information content (AvgIpc) is 2.78. The minimum atomic E-state index is -0.555. The van der Waals surface area contributed by atoms with Gasteiger partial charge in [-0.15, -0.1) is 0 Å². The second kappa shape index (κ2) is 9.73. The number of amides is 2. The molecule has 0 saturated carbocycles. The van der Waals surface area contributed by atoms with Gasteiger partial charge in [0.15, 0.2) is 0 Å². The number of piperazine rings is 1. The number of hydrogen-bond acceptors (Lipinski definition) is 7. The third kappa shape index (κ3) is 4.86. The molecule has 1 N–H and O–H groups in total. The maximum absolute atomic E-state index is 12.8. The fraction of sp³-hybridized carbons (Fsp3) is 0.333. The van der Waals surface area contributed by atoms with E-state index in [1.807, 2.05) is 4.90 Å². The number of rotatable bonds is 6. The van der Waals surface area contributed by atoms with E-state index in [1.54, 1.807) is 11.0 Å². The number of hydrogen-bond donors (Lipinski definition) is 1. The summed E-state index contributed by atoms with van der Waals surface area (Å²) in [7, 11) is 2.89. The molecule has 0 aliphatic carbocycles. The Morgan fingerprint density at radius 3 is 2.28 bits per heavy atom. The van der Waals surface area contributed by atoms with Gasteiger partial charge in [-0.1, -0.05) is 11.6 Å². The van der Waals surface area contributed by atoms with Crippen molar-refractivity contribution in [3.63, 3.8) is 0 Å². The van der Waals surface area contributed by atoms with Crippen molar-refractivity contribution in [2.45, 2.75) is 6.92 Å². The lowest BCUT2D eigenvalue weighted by atomic mass is 10.1. The largest absolute Gasteiger partial charge is 0.495 e. The highest BCUT2D eigenvalue weighted by Gasteiger charge is 2.26. The molecule has 2 aromatic rings. The molecule has 1 fully saturated rings. The van der Waals surface area contributed by atoms with Crippen LogP contribution in [-0.2, 0) is 4.79 Å². The van der Waals surface area contributed by atoms with Gasteiger partial charge in [-0.2, -0.15) is 0 Å². The molecule has 1 aliphatic rings. The molecule has 0 bridgehead atoms. The minimum Gasteiger partial charge on any atom is -0.495 e. The van der Waals surface area contributed by atoms with Crippen LogP contribution in [0.15, 0.2) is 30.3 Å². The highest BCUT2D eigenvalue weighted by Crippen LogP contribution is 2.36. The number of halogens is 1. The van der Waals surface area contributed by atoms with Crippen LogP contribution in [0.25, 0.3) is 0 Å². The van der Waals surface area contributed by atoms with Gasteiger partial charge in [0.05, 0.1) is 29.9 Å². The van der Waals surface area contributed by atoms with Crippen molar-refractivity contribution < 1.29 is 24.0 Å². The number of ether oxygens (including phenoxy) is 2. The lowest BCUT2D eigenvalue weighted by Crippen LogP contribution is -2.48. The Balaban J connectivity index is 1.84. The number of benzene rings is 2. The van der Waals surface area contributed by atoms with E-state index in [-0.39, 0.29) is 22.2 Å². The maximum Gasteiger partial charge on any atom is 0.293 e. The SMILES string of the molecule is COc1cc(OC)c(NC(=O)c2ccc(N3CCN(C(C)=O)CC3)c([N+](=O)[O-])c2)cc1Cl. The van der Waals surface area contributed by atoms with Gasteiger partial charge in [0, 0.05) is 50.8 Å². The Kier molecular flexibility index (Phi) is 7.04. The maximum atomic E-state index is 12.8. The standard InChI is InChI=1S/C21H23ClN4O6/c1-13(27)24-6-8-25(9-7-24)17-5-4-14(10-18(17)26(29)30)21(28)23-16-11-15(22)19(31-2)12-20(16)32-3/h4-5,10-12H,6-9H2,1-3H3,(H,23,28). The molecule has 1 aliphatic heterocycles. The highest BCUT2D eigenvalue weighted by atomic mass is 35.5. The molecule has 0 atom stereocenters. The number of nitrogens with zero attached hydrogens (tertiary/aromatic N) is 3. The predicted octanol–water partition coefficient (Wildman–Crippen LogP) is 3.19. The van der Waals surface area contributed by atoms with Crippen molar-refractivity contribution >= 4 is 40.5 Å². The Morgan fingerprint density at radius 1 is 1.06 bits per heavy atom. The van der Waals surface area contributed by atoms with Gasteiger partial charge in [-0.3, -0.25) is 19.7 Å². The van der Waals surface area contributed by atoms with Crippen molar-refractivity contribution in [1.82, 2.24) is 4.90 Å². The van der Waals surface area contributed by atoms with Gasteiger partial charge in [0.2, 0.25) is 5.91 Å². The zero-order chi connectivity index (χ0) is 23.4. The van der Waals surface area contributed by atoms with E-state index in [0.29, 0.717) is 49.1 Å². The van der Waals surface area contributed by atoms with Crippen LogP contribution >= 0.6 is 11.6 Å². The number of methoxy groups -OCH3 is 2. The first kappa shape index (κ1) is 23.1. The lowest BCUT2D eigenvalue weighted by molar-refractivity contribution is -0.384. The fourth-order valence-corrected chi connectivity index (χ4v) is 3.73. The van der Waals surface area contributed by atoms with Gasteiger partial charge in [-0.25, -0.2) is 0 Å². The molecule has 0 aromatic heterocycles. The van der Waals surface area contributed by atoms with Gasteiger partial charge in [0.1, 0.15) is 17.2 Å². The normalized spacial score (nSPS) is 13.5. The van der Waals surface area contributed by atoms with Crippen molar-refractivity contribution in [2.75, 3.05) is 50.6 Å². The number of nitro benzene ring substituents is 1. The van der Waals surface area contributed by atoms with Crippen LogP contribution in [0.4, 0.5) is 17.1 Å². The second-order valence-electron chi connectivity index (χ2n) is 7.09. The zero-order valence-electron chi connectivity index (χ0n) is 17.9. The summed E-state index contributed by atoms with van der Waals surface area (Å²) in [4.78, 5) is 39.1. The average molecular weight is 463 g/mol. The van der Waals surface area contributed by atoms with E-state index in [9.17, 15) is 19.7 Å². The first-order valence-electron chi connectivity index (χ1n) is 9.77. The topological polar surface area (TPSA) is 114 Å². The Labute approximate surface area is 189 Å². The van der Waals surface area contributed by atoms with Gasteiger partial charge in [-0.05, 0) is 18.2 Å². The monoisotopic (exact) mass is 462 g/mol. The summed E-state index contributed by atoms with van der Waals surface area (Å²) in [6.45, 7) is 3.39. The van der Waals surface area contributed by atoms with Gasteiger partial charge >= 0.3 is 0 Å². The Hall–Kier alpha value is -3.53. The molecule has 10 nitrogen and oxygen atoms in total. The zero-order valence-corrected chi connectivity index (χ0v) is 18.6.